The second-order valence-electron chi connectivity index (χ2n) is 4.41. The molecule has 0 bridgehead atoms. The summed E-state index contributed by atoms with van der Waals surface area (Å²) in [6.45, 7) is 5.17. The summed E-state index contributed by atoms with van der Waals surface area (Å²) in [5, 5.41) is 0. The lowest BCUT2D eigenvalue weighted by Crippen LogP contribution is -2.35. The molecule has 0 aromatic carbocycles. The van der Waals surface area contributed by atoms with E-state index in [0.717, 1.165) is 12.8 Å². The van der Waals surface area contributed by atoms with Crippen molar-refractivity contribution in [3.8, 4) is 0 Å². The van der Waals surface area contributed by atoms with Crippen LogP contribution < -0.4 is 11.5 Å². The Morgan fingerprint density at radius 2 is 2.00 bits per heavy atom. The third-order valence-electron chi connectivity index (χ3n) is 2.60. The predicted molar refractivity (Wildman–Crippen MR) is 65.9 cm³/mol. The van der Waals surface area contributed by atoms with E-state index in [4.69, 9.17) is 16.2 Å². The summed E-state index contributed by atoms with van der Waals surface area (Å²) in [7, 11) is 0. The van der Waals surface area contributed by atoms with Gasteiger partial charge in [0.15, 0.2) is 0 Å². The normalized spacial score (nSPS) is 14.5. The SMILES string of the molecule is CCCCCCOC(=O)[C@@H](N)CC(C)CN. The van der Waals surface area contributed by atoms with Crippen LogP contribution in [-0.4, -0.2) is 25.2 Å². The standard InChI is InChI=1S/C12H26N2O2/c1-3-4-5-6-7-16-12(15)11(14)8-10(2)9-13/h10-11H,3-9,13-14H2,1-2H3/t10?,11-/m0/s1. The van der Waals surface area contributed by atoms with Gasteiger partial charge in [0.05, 0.1) is 6.61 Å². The molecule has 0 saturated heterocycles. The van der Waals surface area contributed by atoms with Gasteiger partial charge >= 0.3 is 5.97 Å². The summed E-state index contributed by atoms with van der Waals surface area (Å²) in [6, 6.07) is -0.523. The first kappa shape index (κ1) is 15.4. The van der Waals surface area contributed by atoms with Crippen molar-refractivity contribution >= 4 is 5.97 Å². The van der Waals surface area contributed by atoms with Crippen molar-refractivity contribution in [1.82, 2.24) is 0 Å². The molecular weight excluding hydrogens is 204 g/mol. The van der Waals surface area contributed by atoms with Gasteiger partial charge in [0, 0.05) is 0 Å². The molecule has 4 nitrogen and oxygen atoms in total. The number of ether oxygens (including phenoxy) is 1. The second-order valence-corrected chi connectivity index (χ2v) is 4.41. The Bertz CT molecular complexity index is 186. The Morgan fingerprint density at radius 3 is 2.56 bits per heavy atom. The predicted octanol–water partition coefficient (Wildman–Crippen LogP) is 1.42. The Balaban J connectivity index is 3.55. The van der Waals surface area contributed by atoms with E-state index in [-0.39, 0.29) is 11.9 Å². The largest absolute Gasteiger partial charge is 0.465 e. The minimum Gasteiger partial charge on any atom is -0.465 e. The van der Waals surface area contributed by atoms with E-state index in [1.165, 1.54) is 12.8 Å². The zero-order valence-corrected chi connectivity index (χ0v) is 10.6. The van der Waals surface area contributed by atoms with E-state index in [2.05, 4.69) is 6.92 Å². The van der Waals surface area contributed by atoms with Crippen molar-refractivity contribution < 1.29 is 9.53 Å². The van der Waals surface area contributed by atoms with E-state index in [9.17, 15) is 4.79 Å². The Morgan fingerprint density at radius 1 is 1.31 bits per heavy atom. The van der Waals surface area contributed by atoms with Gasteiger partial charge in [-0.15, -0.1) is 0 Å². The lowest BCUT2D eigenvalue weighted by atomic mass is 10.0. The molecule has 0 aliphatic heterocycles. The minimum atomic E-state index is -0.523. The van der Waals surface area contributed by atoms with E-state index in [1.807, 2.05) is 6.92 Å². The van der Waals surface area contributed by atoms with Gasteiger partial charge in [-0.3, -0.25) is 4.79 Å². The Hall–Kier alpha value is -0.610. The third kappa shape index (κ3) is 7.65. The molecule has 0 amide bonds. The molecule has 4 N–H and O–H groups in total. The topological polar surface area (TPSA) is 78.3 Å². The third-order valence-corrected chi connectivity index (χ3v) is 2.60. The number of hydrogen-bond donors (Lipinski definition) is 2. The number of rotatable bonds is 9. The van der Waals surface area contributed by atoms with Gasteiger partial charge in [-0.2, -0.15) is 0 Å². The molecule has 0 saturated carbocycles. The van der Waals surface area contributed by atoms with Crippen LogP contribution in [0.5, 0.6) is 0 Å². The fourth-order valence-corrected chi connectivity index (χ4v) is 1.43. The van der Waals surface area contributed by atoms with Crippen LogP contribution in [0, 0.1) is 5.92 Å². The summed E-state index contributed by atoms with van der Waals surface area (Å²) in [6.07, 6.45) is 5.01. The molecule has 0 aliphatic rings. The molecule has 0 heterocycles. The quantitative estimate of drug-likeness (QED) is 0.464. The molecule has 0 fully saturated rings. The van der Waals surface area contributed by atoms with Crippen LogP contribution in [0.25, 0.3) is 0 Å². The number of unbranched alkanes of at least 4 members (excludes halogenated alkanes) is 3. The van der Waals surface area contributed by atoms with Crippen LogP contribution in [0.15, 0.2) is 0 Å². The zero-order valence-electron chi connectivity index (χ0n) is 10.6. The average molecular weight is 230 g/mol. The first-order chi connectivity index (χ1) is 7.61. The number of esters is 1. The molecule has 96 valence electrons. The van der Waals surface area contributed by atoms with Crippen molar-refractivity contribution in [2.45, 2.75) is 52.0 Å². The lowest BCUT2D eigenvalue weighted by molar-refractivity contribution is -0.145. The van der Waals surface area contributed by atoms with Gasteiger partial charge in [0.2, 0.25) is 0 Å². The number of carbonyl (C=O) groups is 1. The van der Waals surface area contributed by atoms with Crippen LogP contribution in [0.1, 0.15) is 46.0 Å². The molecule has 0 aromatic rings. The fraction of sp³-hybridized carbons (Fsp3) is 0.917. The average Bonchev–Trinajstić information content (AvgIpc) is 2.28. The number of carbonyl (C=O) groups excluding carboxylic acids is 1. The van der Waals surface area contributed by atoms with Gasteiger partial charge < -0.3 is 16.2 Å². The molecule has 0 rings (SSSR count). The summed E-state index contributed by atoms with van der Waals surface area (Å²) in [5.41, 5.74) is 11.2. The van der Waals surface area contributed by atoms with Crippen LogP contribution >= 0.6 is 0 Å². The first-order valence-electron chi connectivity index (χ1n) is 6.24. The highest BCUT2D eigenvalue weighted by molar-refractivity contribution is 5.75. The van der Waals surface area contributed by atoms with E-state index in [1.54, 1.807) is 0 Å². The summed E-state index contributed by atoms with van der Waals surface area (Å²) >= 11 is 0. The van der Waals surface area contributed by atoms with Crippen molar-refractivity contribution in [2.75, 3.05) is 13.2 Å². The zero-order chi connectivity index (χ0) is 12.4. The molecule has 0 aromatic heterocycles. The molecule has 0 radical (unpaired) electrons. The Kier molecular flexibility index (Phi) is 9.24. The molecule has 0 spiro atoms. The Labute approximate surface area is 98.7 Å². The van der Waals surface area contributed by atoms with Gasteiger partial charge in [0.25, 0.3) is 0 Å². The number of nitrogens with two attached hydrogens (primary N) is 2. The minimum absolute atomic E-state index is 0.266. The van der Waals surface area contributed by atoms with Crippen LogP contribution in [0.3, 0.4) is 0 Å². The summed E-state index contributed by atoms with van der Waals surface area (Å²) in [4.78, 5) is 11.4. The van der Waals surface area contributed by atoms with Crippen molar-refractivity contribution in [3.05, 3.63) is 0 Å². The molecule has 1 unspecified atom stereocenters. The van der Waals surface area contributed by atoms with Gasteiger partial charge in [-0.1, -0.05) is 33.1 Å². The maximum Gasteiger partial charge on any atom is 0.322 e. The summed E-state index contributed by atoms with van der Waals surface area (Å²) < 4.78 is 5.09. The monoisotopic (exact) mass is 230 g/mol. The maximum atomic E-state index is 11.4. The molecule has 2 atom stereocenters. The summed E-state index contributed by atoms with van der Waals surface area (Å²) in [5.74, 6) is -0.0283. The first-order valence-corrected chi connectivity index (χ1v) is 6.24. The van der Waals surface area contributed by atoms with Crippen LogP contribution in [0.4, 0.5) is 0 Å². The van der Waals surface area contributed by atoms with Crippen LogP contribution in [0.2, 0.25) is 0 Å². The highest BCUT2D eigenvalue weighted by Crippen LogP contribution is 2.05. The van der Waals surface area contributed by atoms with Crippen LogP contribution in [-0.2, 0) is 9.53 Å². The van der Waals surface area contributed by atoms with Crippen molar-refractivity contribution in [1.29, 1.82) is 0 Å². The second kappa shape index (κ2) is 9.60. The molecular formula is C12H26N2O2. The van der Waals surface area contributed by atoms with Crippen molar-refractivity contribution in [2.24, 2.45) is 17.4 Å². The van der Waals surface area contributed by atoms with Crippen molar-refractivity contribution in [3.63, 3.8) is 0 Å². The van der Waals surface area contributed by atoms with E-state index < -0.39 is 6.04 Å². The molecule has 16 heavy (non-hydrogen) atoms. The lowest BCUT2D eigenvalue weighted by Gasteiger charge is -2.14. The smallest absolute Gasteiger partial charge is 0.322 e. The van der Waals surface area contributed by atoms with E-state index in [0.29, 0.717) is 19.6 Å². The highest BCUT2D eigenvalue weighted by atomic mass is 16.5. The highest BCUT2D eigenvalue weighted by Gasteiger charge is 2.17. The fourth-order valence-electron chi connectivity index (χ4n) is 1.43. The number of hydrogen-bond acceptors (Lipinski definition) is 4. The van der Waals surface area contributed by atoms with E-state index >= 15 is 0 Å². The molecule has 0 aliphatic carbocycles. The van der Waals surface area contributed by atoms with Gasteiger partial charge in [-0.05, 0) is 25.3 Å². The van der Waals surface area contributed by atoms with Gasteiger partial charge in [-0.25, -0.2) is 0 Å². The molecule has 4 heteroatoms. The van der Waals surface area contributed by atoms with Gasteiger partial charge in [0.1, 0.15) is 6.04 Å². The maximum absolute atomic E-state index is 11.4.